The summed E-state index contributed by atoms with van der Waals surface area (Å²) in [6.07, 6.45) is -0.655. The maximum Gasteiger partial charge on any atom is 0.519 e. The predicted molar refractivity (Wildman–Crippen MR) is 292 cm³/mol. The second-order valence-corrected chi connectivity index (χ2v) is 20.7. The molecule has 0 spiro atoms. The van der Waals surface area contributed by atoms with E-state index < -0.39 is 121 Å². The number of hydrogen-bond donors (Lipinski definition) is 4. The Hall–Kier alpha value is -10.1. The summed E-state index contributed by atoms with van der Waals surface area (Å²) in [5.74, 6) is 1.75. The second kappa shape index (κ2) is 29.5. The van der Waals surface area contributed by atoms with Crippen molar-refractivity contribution in [1.29, 1.82) is 0 Å². The van der Waals surface area contributed by atoms with Crippen LogP contribution in [-0.2, 0) is 60.8 Å². The number of nitrogens with two attached hydrogens (primary N) is 1. The van der Waals surface area contributed by atoms with Crippen LogP contribution in [0.15, 0.2) is 39.9 Å². The number of alkyl halides is 3. The van der Waals surface area contributed by atoms with Crippen LogP contribution < -0.4 is 22.7 Å². The molecule has 0 bridgehead atoms. The van der Waals surface area contributed by atoms with Crippen molar-refractivity contribution >= 4 is 70.5 Å². The van der Waals surface area contributed by atoms with Crippen LogP contribution in [0.25, 0.3) is 22.3 Å². The molecule has 8 rings (SSSR count). The van der Waals surface area contributed by atoms with E-state index in [1.54, 1.807) is 20.8 Å². The number of aliphatic hydroxyl groups excluding tert-OH is 2. The van der Waals surface area contributed by atoms with Crippen LogP contribution in [0.1, 0.15) is 94.8 Å². The highest BCUT2D eigenvalue weighted by Gasteiger charge is 2.51. The molecule has 0 unspecified atom stereocenters. The topological polar surface area (TPSA) is 426 Å². The maximum absolute atomic E-state index is 14.4. The summed E-state index contributed by atoms with van der Waals surface area (Å²) in [6.45, 7) is 6.68. The number of rotatable bonds is 19. The number of nitrogen functional groups attached to an aromatic ring is 1. The molecule has 3 amide bonds. The largest absolute Gasteiger partial charge is 0.519 e. The van der Waals surface area contributed by atoms with E-state index in [-0.39, 0.29) is 122 Å². The third-order valence-corrected chi connectivity index (χ3v) is 12.9. The van der Waals surface area contributed by atoms with Crippen LogP contribution in [-0.4, -0.2) is 171 Å². The Bertz CT molecular complexity index is 3820. The van der Waals surface area contributed by atoms with E-state index in [1.807, 2.05) is 0 Å². The minimum atomic E-state index is -4.64. The Labute approximate surface area is 509 Å². The SMILES string of the molecule is C#C[C@]1(COC(=O)CCCN(C)C(=O)OCc2oc(=O)oc2C)O[C@@H](n2cnc3c(N)nc(F)nc32)C[C@@H]1O.C#C[C@]1(COC(=O)CCCN(C)C(=O)OCc2oc(=O)oc2C)O[C@@H](n2cnc3c(NC(=O)OC(C)(C)C)nc(F)nc32)C[C@@H]1O.O=CC(F)(F)F. The van der Waals surface area contributed by atoms with Gasteiger partial charge in [0.25, 0.3) is 0 Å². The molecule has 0 aliphatic carbocycles. The highest BCUT2D eigenvalue weighted by Crippen LogP contribution is 2.40. The van der Waals surface area contributed by atoms with Gasteiger partial charge in [-0.05, 0) is 47.5 Å². The maximum atomic E-state index is 14.4. The fourth-order valence-electron chi connectivity index (χ4n) is 8.27. The molecule has 2 fully saturated rings. The van der Waals surface area contributed by atoms with Gasteiger partial charge in [0.05, 0.1) is 12.7 Å². The van der Waals surface area contributed by atoms with Gasteiger partial charge in [-0.3, -0.25) is 28.8 Å². The number of amides is 3. The number of imidazole rings is 2. The predicted octanol–water partition coefficient (Wildman–Crippen LogP) is 3.80. The number of terminal acetylenes is 2. The molecule has 0 aromatic carbocycles. The summed E-state index contributed by atoms with van der Waals surface area (Å²) in [5.41, 5.74) is 1.60. The van der Waals surface area contributed by atoms with Crippen LogP contribution in [0.5, 0.6) is 0 Å². The number of carbonyl (C=O) groups is 6. The number of aromatic nitrogens is 8. The van der Waals surface area contributed by atoms with E-state index in [1.165, 1.54) is 59.5 Å². The molecule has 91 heavy (non-hydrogen) atoms. The number of nitrogens with zero attached hydrogens (tertiary/aromatic N) is 10. The number of aryl methyl sites for hydroxylation is 2. The molecule has 6 atom stereocenters. The molecule has 2 saturated heterocycles. The van der Waals surface area contributed by atoms with Crippen molar-refractivity contribution in [2.75, 3.05) is 51.4 Å². The third kappa shape index (κ3) is 18.5. The zero-order valence-electron chi connectivity index (χ0n) is 49.3. The van der Waals surface area contributed by atoms with Gasteiger partial charge in [0.15, 0.2) is 81.4 Å². The number of nitrogens with one attached hydrogen (secondary N) is 1. The molecule has 0 radical (unpaired) electrons. The third-order valence-electron chi connectivity index (χ3n) is 12.9. The van der Waals surface area contributed by atoms with Crippen LogP contribution in [0.2, 0.25) is 0 Å². The Morgan fingerprint density at radius 2 is 1.15 bits per heavy atom. The molecule has 6 aromatic heterocycles. The number of halogens is 5. The van der Waals surface area contributed by atoms with Crippen LogP contribution >= 0.6 is 0 Å². The smallest absolute Gasteiger partial charge is 0.461 e. The molecule has 492 valence electrons. The van der Waals surface area contributed by atoms with Gasteiger partial charge < -0.3 is 76.6 Å². The van der Waals surface area contributed by atoms with Crippen LogP contribution in [0.3, 0.4) is 0 Å². The number of aliphatic hydroxyl groups is 2. The van der Waals surface area contributed by atoms with Gasteiger partial charge in [-0.25, -0.2) is 33.9 Å². The molecule has 5 N–H and O–H groups in total. The quantitative estimate of drug-likeness (QED) is 0.0224. The van der Waals surface area contributed by atoms with E-state index in [2.05, 4.69) is 51.5 Å². The summed E-state index contributed by atoms with van der Waals surface area (Å²) in [5, 5.41) is 23.8. The first-order valence-corrected chi connectivity index (χ1v) is 26.7. The van der Waals surface area contributed by atoms with Crippen LogP contribution in [0.4, 0.5) is 48.0 Å². The van der Waals surface area contributed by atoms with Gasteiger partial charge >= 0.3 is 60.2 Å². The number of anilines is 2. The average Bonchev–Trinajstić information content (AvgIpc) is 1.63. The molecular formula is C53H59F5N12O21. The Morgan fingerprint density at radius 1 is 0.736 bits per heavy atom. The van der Waals surface area contributed by atoms with E-state index >= 15 is 0 Å². The molecular weight excluding hydrogens is 1240 g/mol. The summed E-state index contributed by atoms with van der Waals surface area (Å²) in [6, 6.07) is 0. The van der Waals surface area contributed by atoms with E-state index in [0.29, 0.717) is 0 Å². The number of ether oxygens (including phenoxy) is 7. The summed E-state index contributed by atoms with van der Waals surface area (Å²) >= 11 is 0. The van der Waals surface area contributed by atoms with Crippen molar-refractivity contribution < 1.29 is 112 Å². The van der Waals surface area contributed by atoms with Gasteiger partial charge in [-0.15, -0.1) is 12.8 Å². The van der Waals surface area contributed by atoms with Crippen molar-refractivity contribution in [3.05, 3.63) is 69.1 Å². The Balaban J connectivity index is 0.000000268. The summed E-state index contributed by atoms with van der Waals surface area (Å²) in [7, 11) is 2.92. The number of aldehydes is 1. The van der Waals surface area contributed by atoms with Gasteiger partial charge in [-0.1, -0.05) is 11.8 Å². The molecule has 38 heteroatoms. The van der Waals surface area contributed by atoms with Gasteiger partial charge in [-0.2, -0.15) is 41.9 Å². The first-order valence-electron chi connectivity index (χ1n) is 26.7. The number of fused-ring (bicyclic) bond motifs is 2. The monoisotopic (exact) mass is 1290 g/mol. The van der Waals surface area contributed by atoms with Crippen molar-refractivity contribution in [1.82, 2.24) is 48.8 Å². The average molecular weight is 1300 g/mol. The molecule has 8 heterocycles. The standard InChI is InChI=1S/C28H33FN6O11.C23H25FN6O9.C2HF3O/c1-7-28(13-42-19(37)9-8-10-34(6)25(39)41-12-16-15(2)43-26(40)44-16)17(36)11-18(45-28)35-14-30-20-21(31-23(29)33-22(20)35)32-24(38)46-27(3,4)5;1-4-23(14(31)8-15(39-23)30-11-26-17-18(25)27-20(24)28-19(17)30)10-36-16(32)6-5-7-29(3)21(33)35-9-13-12(2)37-22(34)38-13;3-2(4,5)1-6/h1,14,17-18,36H,8-13H2,2-6H3,(H,31,32,33,38);1,11,14-15,31H,5-10H2,2-3H3,(H2,25,27,28);1H/t17-,18+,28+;14-,15+,23+;/m00./s1. The minimum absolute atomic E-state index is 0.0204. The molecule has 33 nitrogen and oxygen atoms in total. The van der Waals surface area contributed by atoms with E-state index in [0.717, 1.165) is 0 Å². The van der Waals surface area contributed by atoms with Gasteiger partial charge in [0, 0.05) is 52.9 Å². The van der Waals surface area contributed by atoms with Crippen LogP contribution in [0, 0.1) is 50.7 Å². The fraction of sp³-hybridized carbons (Fsp3) is 0.509. The van der Waals surface area contributed by atoms with Gasteiger partial charge in [0.1, 0.15) is 43.5 Å². The number of esters is 2. The van der Waals surface area contributed by atoms with Crippen molar-refractivity contribution in [2.24, 2.45) is 0 Å². The highest BCUT2D eigenvalue weighted by atomic mass is 19.4. The lowest BCUT2D eigenvalue weighted by atomic mass is 9.99. The summed E-state index contributed by atoms with van der Waals surface area (Å²) < 4.78 is 119. The molecule has 6 aromatic rings. The number of carbonyl (C=O) groups excluding carboxylic acids is 6. The van der Waals surface area contributed by atoms with E-state index in [4.69, 9.17) is 69.8 Å². The molecule has 2 aliphatic rings. The zero-order chi connectivity index (χ0) is 67.3. The first kappa shape index (κ1) is 70.0. The minimum Gasteiger partial charge on any atom is -0.461 e. The molecule has 0 saturated carbocycles. The Morgan fingerprint density at radius 3 is 1.55 bits per heavy atom. The van der Waals surface area contributed by atoms with E-state index in [9.17, 15) is 65.7 Å². The Kier molecular flexibility index (Phi) is 22.7. The number of hydrogen-bond acceptors (Lipinski definition) is 28. The lowest BCUT2D eigenvalue weighted by Crippen LogP contribution is -2.43. The first-order chi connectivity index (χ1) is 42.7. The van der Waals surface area contributed by atoms with Crippen molar-refractivity contribution in [2.45, 2.75) is 134 Å². The summed E-state index contributed by atoms with van der Waals surface area (Å²) in [4.78, 5) is 117. The fourth-order valence-corrected chi connectivity index (χ4v) is 8.27. The molecule has 2 aliphatic heterocycles. The van der Waals surface area contributed by atoms with Crippen molar-refractivity contribution in [3.63, 3.8) is 0 Å². The lowest BCUT2D eigenvalue weighted by molar-refractivity contribution is -0.157. The lowest BCUT2D eigenvalue weighted by Gasteiger charge is -2.26. The van der Waals surface area contributed by atoms with Crippen molar-refractivity contribution in [3.8, 4) is 24.7 Å². The zero-order valence-corrected chi connectivity index (χ0v) is 49.3. The highest BCUT2D eigenvalue weighted by molar-refractivity contribution is 5.93. The second-order valence-electron chi connectivity index (χ2n) is 20.7. The normalized spacial score (nSPS) is 19.4. The van der Waals surface area contributed by atoms with Gasteiger partial charge in [0.2, 0.25) is 6.29 Å².